The molecule has 1 aliphatic heterocycles. The van der Waals surface area contributed by atoms with Crippen molar-refractivity contribution < 1.29 is 4.74 Å². The smallest absolute Gasteiger partial charge is 0.248 e. The Morgan fingerprint density at radius 1 is 1.23 bits per heavy atom. The lowest BCUT2D eigenvalue weighted by atomic mass is 9.99. The van der Waals surface area contributed by atoms with Crippen molar-refractivity contribution in [3.63, 3.8) is 0 Å². The topological polar surface area (TPSA) is 101 Å². The lowest BCUT2D eigenvalue weighted by Crippen LogP contribution is -2.26. The van der Waals surface area contributed by atoms with Gasteiger partial charge in [0.15, 0.2) is 5.65 Å². The van der Waals surface area contributed by atoms with E-state index in [-0.39, 0.29) is 5.56 Å². The third kappa shape index (κ3) is 3.87. The number of rotatable bonds is 5. The van der Waals surface area contributed by atoms with Gasteiger partial charge in [-0.1, -0.05) is 0 Å². The van der Waals surface area contributed by atoms with Gasteiger partial charge in [0.05, 0.1) is 30.9 Å². The summed E-state index contributed by atoms with van der Waals surface area (Å²) in [6.45, 7) is 2.38. The fourth-order valence-corrected chi connectivity index (χ4v) is 3.92. The van der Waals surface area contributed by atoms with Gasteiger partial charge < -0.3 is 19.9 Å². The molecule has 0 saturated heterocycles. The highest BCUT2D eigenvalue weighted by Crippen LogP contribution is 2.33. The van der Waals surface area contributed by atoms with Crippen molar-refractivity contribution in [3.8, 4) is 5.75 Å². The Hall–Kier alpha value is -3.72. The second kappa shape index (κ2) is 7.84. The van der Waals surface area contributed by atoms with E-state index in [0.29, 0.717) is 18.1 Å². The second-order valence-electron chi connectivity index (χ2n) is 7.77. The van der Waals surface area contributed by atoms with Crippen molar-refractivity contribution in [1.82, 2.24) is 29.6 Å². The molecule has 0 spiro atoms. The summed E-state index contributed by atoms with van der Waals surface area (Å²) in [5, 5.41) is 8.55. The summed E-state index contributed by atoms with van der Waals surface area (Å²) in [4.78, 5) is 25.6. The highest BCUT2D eigenvalue weighted by atomic mass is 16.5. The Balaban J connectivity index is 1.47. The Labute approximate surface area is 178 Å². The van der Waals surface area contributed by atoms with Crippen LogP contribution in [0.1, 0.15) is 16.7 Å². The van der Waals surface area contributed by atoms with Crippen LogP contribution in [0.3, 0.4) is 0 Å². The number of methoxy groups -OCH3 is 1. The van der Waals surface area contributed by atoms with E-state index in [4.69, 9.17) is 4.74 Å². The van der Waals surface area contributed by atoms with Crippen LogP contribution in [0.4, 0.5) is 11.6 Å². The van der Waals surface area contributed by atoms with E-state index >= 15 is 0 Å². The number of hydrogen-bond acceptors (Lipinski definition) is 7. The van der Waals surface area contributed by atoms with Crippen LogP contribution in [0, 0.1) is 0 Å². The number of nitrogens with one attached hydrogen (secondary N) is 2. The lowest BCUT2D eigenvalue weighted by molar-refractivity contribution is 0.312. The molecule has 4 heterocycles. The SMILES string of the molecule is COc1cc2c(cc1Nc1ncc3cnn(Cc4cc[nH]c(=O)c4)c3n1)CN(C)CC2. The van der Waals surface area contributed by atoms with Crippen molar-refractivity contribution in [2.45, 2.75) is 19.5 Å². The molecule has 0 atom stereocenters. The summed E-state index contributed by atoms with van der Waals surface area (Å²) in [6, 6.07) is 7.62. The van der Waals surface area contributed by atoms with E-state index in [1.807, 2.05) is 6.07 Å². The highest BCUT2D eigenvalue weighted by molar-refractivity contribution is 5.76. The Bertz CT molecular complexity index is 1310. The third-order valence-electron chi connectivity index (χ3n) is 5.52. The molecule has 0 unspecified atom stereocenters. The minimum Gasteiger partial charge on any atom is -0.495 e. The molecule has 0 radical (unpaired) electrons. The van der Waals surface area contributed by atoms with Crippen molar-refractivity contribution in [2.75, 3.05) is 26.0 Å². The van der Waals surface area contributed by atoms with Crippen LogP contribution in [0.25, 0.3) is 11.0 Å². The van der Waals surface area contributed by atoms with Crippen LogP contribution in [0.5, 0.6) is 5.75 Å². The van der Waals surface area contributed by atoms with Crippen molar-refractivity contribution in [2.24, 2.45) is 0 Å². The first kappa shape index (κ1) is 19.3. The first-order valence-electron chi connectivity index (χ1n) is 10.1. The predicted octanol–water partition coefficient (Wildman–Crippen LogP) is 2.30. The Morgan fingerprint density at radius 2 is 2.13 bits per heavy atom. The summed E-state index contributed by atoms with van der Waals surface area (Å²) >= 11 is 0. The molecule has 9 heteroatoms. The quantitative estimate of drug-likeness (QED) is 0.514. The number of pyridine rings is 1. The van der Waals surface area contributed by atoms with E-state index < -0.39 is 0 Å². The van der Waals surface area contributed by atoms with E-state index in [1.54, 1.807) is 36.4 Å². The molecule has 0 fully saturated rings. The molecule has 3 aromatic heterocycles. The first-order chi connectivity index (χ1) is 15.1. The van der Waals surface area contributed by atoms with Gasteiger partial charge in [0.2, 0.25) is 11.5 Å². The van der Waals surface area contributed by atoms with Gasteiger partial charge in [-0.2, -0.15) is 10.1 Å². The van der Waals surface area contributed by atoms with Gasteiger partial charge in [0.25, 0.3) is 0 Å². The fourth-order valence-electron chi connectivity index (χ4n) is 3.92. The fraction of sp³-hybridized carbons (Fsp3) is 0.273. The van der Waals surface area contributed by atoms with E-state index in [9.17, 15) is 4.79 Å². The number of hydrogen-bond donors (Lipinski definition) is 2. The zero-order chi connectivity index (χ0) is 21.4. The van der Waals surface area contributed by atoms with E-state index in [2.05, 4.69) is 49.4 Å². The van der Waals surface area contributed by atoms with Gasteiger partial charge in [-0.25, -0.2) is 9.67 Å². The van der Waals surface area contributed by atoms with Crippen LogP contribution >= 0.6 is 0 Å². The van der Waals surface area contributed by atoms with Crippen LogP contribution < -0.4 is 15.6 Å². The maximum Gasteiger partial charge on any atom is 0.248 e. The van der Waals surface area contributed by atoms with Gasteiger partial charge in [-0.05, 0) is 48.4 Å². The zero-order valence-corrected chi connectivity index (χ0v) is 17.4. The average Bonchev–Trinajstić information content (AvgIpc) is 3.15. The third-order valence-corrected chi connectivity index (χ3v) is 5.52. The number of aromatic nitrogens is 5. The van der Waals surface area contributed by atoms with Gasteiger partial charge in [0, 0.05) is 31.5 Å². The molecule has 1 aliphatic rings. The molecule has 0 saturated carbocycles. The van der Waals surface area contributed by atoms with Crippen molar-refractivity contribution in [1.29, 1.82) is 0 Å². The summed E-state index contributed by atoms with van der Waals surface area (Å²) in [5.74, 6) is 1.23. The molecule has 0 amide bonds. The van der Waals surface area contributed by atoms with E-state index in [0.717, 1.165) is 41.9 Å². The van der Waals surface area contributed by atoms with Crippen molar-refractivity contribution in [3.05, 3.63) is 69.9 Å². The number of H-pyrrole nitrogens is 1. The Morgan fingerprint density at radius 3 is 2.97 bits per heavy atom. The van der Waals surface area contributed by atoms with Crippen LogP contribution in [0.15, 0.2) is 47.7 Å². The lowest BCUT2D eigenvalue weighted by Gasteiger charge is -2.26. The number of aromatic amines is 1. The number of fused-ring (bicyclic) bond motifs is 2. The zero-order valence-electron chi connectivity index (χ0n) is 17.4. The molecule has 158 valence electrons. The maximum absolute atomic E-state index is 11.6. The molecular formula is C22H23N7O2. The Kier molecular flexibility index (Phi) is 4.87. The number of benzene rings is 1. The summed E-state index contributed by atoms with van der Waals surface area (Å²) in [7, 11) is 3.79. The summed E-state index contributed by atoms with van der Waals surface area (Å²) in [5.41, 5.74) is 4.81. The summed E-state index contributed by atoms with van der Waals surface area (Å²) < 4.78 is 7.38. The first-order valence-corrected chi connectivity index (χ1v) is 10.1. The minimum absolute atomic E-state index is 0.143. The molecule has 5 rings (SSSR count). The molecule has 2 N–H and O–H groups in total. The number of likely N-dealkylation sites (N-methyl/N-ethyl adjacent to an activating group) is 1. The minimum atomic E-state index is -0.143. The summed E-state index contributed by atoms with van der Waals surface area (Å²) in [6.07, 6.45) is 6.10. The second-order valence-corrected chi connectivity index (χ2v) is 7.77. The molecule has 0 aliphatic carbocycles. The largest absolute Gasteiger partial charge is 0.495 e. The average molecular weight is 417 g/mol. The van der Waals surface area contributed by atoms with Crippen molar-refractivity contribution >= 4 is 22.7 Å². The molecular weight excluding hydrogens is 394 g/mol. The van der Waals surface area contributed by atoms with E-state index in [1.165, 1.54) is 11.1 Å². The van der Waals surface area contributed by atoms with Crippen LogP contribution in [-0.4, -0.2) is 50.3 Å². The maximum atomic E-state index is 11.6. The molecule has 0 bridgehead atoms. The van der Waals surface area contributed by atoms with Gasteiger partial charge >= 0.3 is 0 Å². The monoisotopic (exact) mass is 417 g/mol. The van der Waals surface area contributed by atoms with Gasteiger partial charge in [-0.15, -0.1) is 0 Å². The number of anilines is 2. The highest BCUT2D eigenvalue weighted by Gasteiger charge is 2.17. The molecule has 31 heavy (non-hydrogen) atoms. The standard InChI is InChI=1S/C22H23N7O2/c1-28-6-4-15-9-19(31-2)18(8-16(15)13-28)26-22-24-10-17-11-25-29(21(17)27-22)12-14-3-5-23-20(30)7-14/h3,5,7-11H,4,6,12-13H2,1-2H3,(H,23,30)(H,24,26,27). The van der Waals surface area contributed by atoms with Crippen LogP contribution in [0.2, 0.25) is 0 Å². The number of ether oxygens (including phenoxy) is 1. The molecule has 1 aromatic carbocycles. The van der Waals surface area contributed by atoms with Crippen LogP contribution in [-0.2, 0) is 19.5 Å². The van der Waals surface area contributed by atoms with Gasteiger partial charge in [-0.3, -0.25) is 4.79 Å². The van der Waals surface area contributed by atoms with Gasteiger partial charge in [0.1, 0.15) is 5.75 Å². The molecule has 9 nitrogen and oxygen atoms in total. The number of nitrogens with zero attached hydrogens (tertiary/aromatic N) is 5. The normalized spacial score (nSPS) is 13.9. The molecule has 4 aromatic rings. The predicted molar refractivity (Wildman–Crippen MR) is 118 cm³/mol.